The minimum atomic E-state index is 0.578. The minimum absolute atomic E-state index is 0.578. The van der Waals surface area contributed by atoms with Crippen LogP contribution in [-0.4, -0.2) is 31.1 Å². The lowest BCUT2D eigenvalue weighted by Crippen LogP contribution is -2.28. The van der Waals surface area contributed by atoms with Crippen molar-refractivity contribution < 1.29 is 0 Å². The van der Waals surface area contributed by atoms with Gasteiger partial charge < -0.3 is 10.2 Å². The van der Waals surface area contributed by atoms with Crippen molar-refractivity contribution in [3.8, 4) is 0 Å². The van der Waals surface area contributed by atoms with Crippen LogP contribution in [0.5, 0.6) is 0 Å². The summed E-state index contributed by atoms with van der Waals surface area (Å²) in [6, 6.07) is 8.03. The second-order valence-corrected chi connectivity index (χ2v) is 5.26. The van der Waals surface area contributed by atoms with Gasteiger partial charge in [0.15, 0.2) is 5.82 Å². The molecular formula is C16H22N6. The summed E-state index contributed by atoms with van der Waals surface area (Å²) in [5.74, 6) is 7.77. The molecule has 0 spiro atoms. The zero-order valence-electron chi connectivity index (χ0n) is 13.5. The number of para-hydroxylation sites is 1. The van der Waals surface area contributed by atoms with E-state index in [0.29, 0.717) is 17.6 Å². The summed E-state index contributed by atoms with van der Waals surface area (Å²) < 4.78 is 0. The topological polar surface area (TPSA) is 70.3 Å². The van der Waals surface area contributed by atoms with Gasteiger partial charge in [-0.3, -0.25) is 5.01 Å². The number of aromatic nitrogens is 2. The lowest BCUT2D eigenvalue weighted by Gasteiger charge is -2.21. The maximum atomic E-state index is 5.90. The molecule has 1 aromatic heterocycles. The normalized spacial score (nSPS) is 10.2. The molecule has 0 saturated carbocycles. The molecule has 6 heteroatoms. The van der Waals surface area contributed by atoms with E-state index in [4.69, 9.17) is 5.84 Å². The van der Waals surface area contributed by atoms with Gasteiger partial charge in [0.05, 0.1) is 5.56 Å². The molecule has 0 atom stereocenters. The third-order valence-corrected chi connectivity index (χ3v) is 3.25. The Bertz CT molecular complexity index is 678. The summed E-state index contributed by atoms with van der Waals surface area (Å²) in [6.45, 7) is 5.90. The van der Waals surface area contributed by atoms with E-state index in [1.165, 1.54) is 5.01 Å². The molecule has 2 aromatic rings. The average molecular weight is 298 g/mol. The number of rotatable bonds is 5. The van der Waals surface area contributed by atoms with Crippen molar-refractivity contribution in [3.63, 3.8) is 0 Å². The number of nitrogens with one attached hydrogen (secondary N) is 1. The Hall–Kier alpha value is -2.60. The number of anilines is 4. The van der Waals surface area contributed by atoms with E-state index in [1.54, 1.807) is 13.1 Å². The molecule has 0 amide bonds. The fourth-order valence-electron chi connectivity index (χ4n) is 2.04. The number of aryl methyl sites for hydroxylation is 1. The van der Waals surface area contributed by atoms with Crippen molar-refractivity contribution in [2.24, 2.45) is 5.84 Å². The number of hydrogen-bond donors (Lipinski definition) is 2. The van der Waals surface area contributed by atoms with Crippen LogP contribution in [0.3, 0.4) is 0 Å². The lowest BCUT2D eigenvalue weighted by molar-refractivity contribution is 0.932. The highest BCUT2D eigenvalue weighted by Crippen LogP contribution is 2.29. The van der Waals surface area contributed by atoms with Gasteiger partial charge in [0.25, 0.3) is 0 Å². The number of nitrogens with zero attached hydrogens (tertiary/aromatic N) is 4. The molecule has 0 radical (unpaired) electrons. The number of hydrazine groups is 1. The van der Waals surface area contributed by atoms with E-state index in [1.807, 2.05) is 50.2 Å². The summed E-state index contributed by atoms with van der Waals surface area (Å²) in [4.78, 5) is 10.9. The van der Waals surface area contributed by atoms with E-state index >= 15 is 0 Å². The summed E-state index contributed by atoms with van der Waals surface area (Å²) in [5, 5.41) is 4.82. The van der Waals surface area contributed by atoms with Crippen molar-refractivity contribution in [1.82, 2.24) is 9.97 Å². The van der Waals surface area contributed by atoms with Gasteiger partial charge >= 0.3 is 0 Å². The number of benzene rings is 1. The molecule has 22 heavy (non-hydrogen) atoms. The third kappa shape index (κ3) is 3.17. The third-order valence-electron chi connectivity index (χ3n) is 3.25. The molecule has 6 nitrogen and oxygen atoms in total. The summed E-state index contributed by atoms with van der Waals surface area (Å²) in [6.07, 6.45) is 1.71. The van der Waals surface area contributed by atoms with Crippen molar-refractivity contribution in [1.29, 1.82) is 0 Å². The lowest BCUT2D eigenvalue weighted by atomic mass is 10.2. The van der Waals surface area contributed by atoms with Crippen LogP contribution in [0.15, 0.2) is 30.8 Å². The fraction of sp³-hybridized carbons (Fsp3) is 0.250. The first-order valence-corrected chi connectivity index (χ1v) is 6.97. The van der Waals surface area contributed by atoms with Crippen LogP contribution in [0, 0.1) is 6.92 Å². The maximum Gasteiger partial charge on any atom is 0.228 e. The van der Waals surface area contributed by atoms with Crippen molar-refractivity contribution in [2.45, 2.75) is 6.92 Å². The SMILES string of the molecule is C=Cc1c(Nc2ccccc2C)nc(N(C)C)nc1N(C)N. The Kier molecular flexibility index (Phi) is 4.62. The monoisotopic (exact) mass is 298 g/mol. The molecule has 0 bridgehead atoms. The van der Waals surface area contributed by atoms with Gasteiger partial charge in [-0.25, -0.2) is 5.84 Å². The highest BCUT2D eigenvalue weighted by molar-refractivity contribution is 5.77. The Morgan fingerprint density at radius 2 is 1.86 bits per heavy atom. The van der Waals surface area contributed by atoms with Gasteiger partial charge in [0.2, 0.25) is 5.95 Å². The minimum Gasteiger partial charge on any atom is -0.347 e. The summed E-state index contributed by atoms with van der Waals surface area (Å²) in [5.41, 5.74) is 2.88. The van der Waals surface area contributed by atoms with Gasteiger partial charge in [0.1, 0.15) is 5.82 Å². The molecule has 0 fully saturated rings. The van der Waals surface area contributed by atoms with Gasteiger partial charge in [-0.2, -0.15) is 9.97 Å². The summed E-state index contributed by atoms with van der Waals surface area (Å²) in [7, 11) is 5.52. The zero-order chi connectivity index (χ0) is 16.3. The number of nitrogens with two attached hydrogens (primary N) is 1. The Labute approximate surface area is 131 Å². The van der Waals surface area contributed by atoms with Crippen LogP contribution < -0.4 is 21.1 Å². The summed E-state index contributed by atoms with van der Waals surface area (Å²) >= 11 is 0. The molecule has 3 N–H and O–H groups in total. The molecule has 1 heterocycles. The van der Waals surface area contributed by atoms with Crippen LogP contribution in [0.1, 0.15) is 11.1 Å². The van der Waals surface area contributed by atoms with Gasteiger partial charge in [-0.15, -0.1) is 0 Å². The molecule has 0 unspecified atom stereocenters. The Morgan fingerprint density at radius 1 is 1.18 bits per heavy atom. The predicted octanol–water partition coefficient (Wildman–Crippen LogP) is 2.55. The van der Waals surface area contributed by atoms with Crippen LogP contribution >= 0.6 is 0 Å². The molecule has 116 valence electrons. The van der Waals surface area contributed by atoms with Crippen molar-refractivity contribution in [3.05, 3.63) is 42.0 Å². The van der Waals surface area contributed by atoms with Gasteiger partial charge in [-0.1, -0.05) is 30.9 Å². The van der Waals surface area contributed by atoms with Gasteiger partial charge in [0, 0.05) is 26.8 Å². The Balaban J connectivity index is 2.57. The first-order valence-electron chi connectivity index (χ1n) is 6.97. The van der Waals surface area contributed by atoms with E-state index in [2.05, 4.69) is 21.9 Å². The smallest absolute Gasteiger partial charge is 0.228 e. The highest BCUT2D eigenvalue weighted by Gasteiger charge is 2.15. The Morgan fingerprint density at radius 3 is 2.41 bits per heavy atom. The quantitative estimate of drug-likeness (QED) is 0.653. The molecule has 1 aromatic carbocycles. The largest absolute Gasteiger partial charge is 0.347 e. The number of hydrogen-bond acceptors (Lipinski definition) is 6. The first-order chi connectivity index (χ1) is 10.4. The van der Waals surface area contributed by atoms with Crippen LogP contribution in [-0.2, 0) is 0 Å². The van der Waals surface area contributed by atoms with E-state index in [9.17, 15) is 0 Å². The molecule has 0 aliphatic heterocycles. The van der Waals surface area contributed by atoms with Crippen molar-refractivity contribution >= 4 is 29.3 Å². The van der Waals surface area contributed by atoms with E-state index < -0.39 is 0 Å². The predicted molar refractivity (Wildman–Crippen MR) is 93.5 cm³/mol. The van der Waals surface area contributed by atoms with Crippen LogP contribution in [0.2, 0.25) is 0 Å². The van der Waals surface area contributed by atoms with E-state index in [0.717, 1.165) is 16.8 Å². The first kappa shape index (κ1) is 15.8. The zero-order valence-corrected chi connectivity index (χ0v) is 13.5. The average Bonchev–Trinajstić information content (AvgIpc) is 2.48. The van der Waals surface area contributed by atoms with E-state index in [-0.39, 0.29) is 0 Å². The van der Waals surface area contributed by atoms with Crippen LogP contribution in [0.25, 0.3) is 6.08 Å². The fourth-order valence-corrected chi connectivity index (χ4v) is 2.04. The maximum absolute atomic E-state index is 5.90. The molecule has 0 saturated heterocycles. The second kappa shape index (κ2) is 6.44. The van der Waals surface area contributed by atoms with Gasteiger partial charge in [-0.05, 0) is 18.6 Å². The standard InChI is InChI=1S/C16H22N6/c1-6-12-14(18-13-10-8-7-9-11(13)2)19-16(21(3)4)20-15(12)22(5)17/h6-10H,1,17H2,2-5H3,(H,18,19,20). The second-order valence-electron chi connectivity index (χ2n) is 5.26. The highest BCUT2D eigenvalue weighted by atomic mass is 15.4. The molecule has 0 aliphatic carbocycles. The van der Waals surface area contributed by atoms with Crippen molar-refractivity contribution in [2.75, 3.05) is 36.4 Å². The van der Waals surface area contributed by atoms with Crippen LogP contribution in [0.4, 0.5) is 23.3 Å². The molecule has 2 rings (SSSR count). The molecular weight excluding hydrogens is 276 g/mol. The molecule has 0 aliphatic rings.